The summed E-state index contributed by atoms with van der Waals surface area (Å²) in [4.78, 5) is 4.54. The molecule has 0 bridgehead atoms. The lowest BCUT2D eigenvalue weighted by atomic mass is 10.1. The molecule has 2 N–H and O–H groups in total. The van der Waals surface area contributed by atoms with Gasteiger partial charge in [0, 0.05) is 35.2 Å². The predicted octanol–water partition coefficient (Wildman–Crippen LogP) is 4.82. The first-order valence-electron chi connectivity index (χ1n) is 8.93. The Kier molecular flexibility index (Phi) is 7.91. The molecule has 27 heavy (non-hydrogen) atoms. The second kappa shape index (κ2) is 9.73. The molecule has 3 rings (SSSR count). The van der Waals surface area contributed by atoms with Crippen LogP contribution in [0.1, 0.15) is 56.0 Å². The number of benzene rings is 1. The number of halogens is 3. The molecule has 0 amide bonds. The van der Waals surface area contributed by atoms with E-state index >= 15 is 0 Å². The Labute approximate surface area is 181 Å². The summed E-state index contributed by atoms with van der Waals surface area (Å²) in [5, 5.41) is 11.1. The van der Waals surface area contributed by atoms with Crippen LogP contribution in [0.4, 0.5) is 4.39 Å². The smallest absolute Gasteiger partial charge is 0.191 e. The van der Waals surface area contributed by atoms with E-state index in [1.807, 2.05) is 13.0 Å². The van der Waals surface area contributed by atoms with Crippen molar-refractivity contribution >= 4 is 41.5 Å². The highest BCUT2D eigenvalue weighted by atomic mass is 127. The monoisotopic (exact) mass is 506 g/mol. The van der Waals surface area contributed by atoms with Crippen molar-refractivity contribution in [1.29, 1.82) is 0 Å². The van der Waals surface area contributed by atoms with Gasteiger partial charge in [0.05, 0.1) is 5.69 Å². The molecule has 1 aromatic carbocycles. The van der Waals surface area contributed by atoms with Crippen molar-refractivity contribution in [2.45, 2.75) is 51.6 Å². The number of nitrogens with one attached hydrogen (secondary N) is 2. The average molecular weight is 507 g/mol. The van der Waals surface area contributed by atoms with Crippen molar-refractivity contribution in [2.75, 3.05) is 6.54 Å². The molecule has 0 saturated heterocycles. The fraction of sp³-hybridized carbons (Fsp3) is 0.474. The second-order valence-electron chi connectivity index (χ2n) is 6.80. The van der Waals surface area contributed by atoms with Crippen molar-refractivity contribution in [2.24, 2.45) is 4.99 Å². The average Bonchev–Trinajstić information content (AvgIpc) is 3.16. The summed E-state index contributed by atoms with van der Waals surface area (Å²) in [5.41, 5.74) is 1.50. The van der Waals surface area contributed by atoms with Crippen LogP contribution in [-0.4, -0.2) is 23.7 Å². The van der Waals surface area contributed by atoms with Crippen LogP contribution in [0, 0.1) is 5.82 Å². The van der Waals surface area contributed by atoms with Gasteiger partial charge in [0.25, 0.3) is 0 Å². The topological polar surface area (TPSA) is 62.5 Å². The highest BCUT2D eigenvalue weighted by molar-refractivity contribution is 14.0. The zero-order valence-corrected chi connectivity index (χ0v) is 18.7. The molecular weight excluding hydrogens is 482 g/mol. The minimum Gasteiger partial charge on any atom is -0.359 e. The largest absolute Gasteiger partial charge is 0.359 e. The zero-order chi connectivity index (χ0) is 18.7. The Balaban J connectivity index is 0.00000261. The van der Waals surface area contributed by atoms with Gasteiger partial charge >= 0.3 is 0 Å². The summed E-state index contributed by atoms with van der Waals surface area (Å²) >= 11 is 6.16. The van der Waals surface area contributed by atoms with Gasteiger partial charge in [0.2, 0.25) is 0 Å². The van der Waals surface area contributed by atoms with Crippen LogP contribution in [-0.2, 0) is 6.54 Å². The number of hydrogen-bond donors (Lipinski definition) is 2. The molecule has 1 heterocycles. The fourth-order valence-corrected chi connectivity index (χ4v) is 3.17. The molecule has 148 valence electrons. The lowest BCUT2D eigenvalue weighted by Gasteiger charge is -2.11. The Morgan fingerprint density at radius 3 is 2.85 bits per heavy atom. The highest BCUT2D eigenvalue weighted by Gasteiger charge is 2.41. The zero-order valence-electron chi connectivity index (χ0n) is 15.6. The Morgan fingerprint density at radius 1 is 1.44 bits per heavy atom. The van der Waals surface area contributed by atoms with Crippen LogP contribution in [0.3, 0.4) is 0 Å². The van der Waals surface area contributed by atoms with Crippen LogP contribution >= 0.6 is 35.6 Å². The van der Waals surface area contributed by atoms with Crippen LogP contribution in [0.2, 0.25) is 5.02 Å². The molecule has 1 aromatic heterocycles. The number of guanidine groups is 1. The van der Waals surface area contributed by atoms with E-state index in [0.717, 1.165) is 24.4 Å². The Hall–Kier alpha value is -1.35. The van der Waals surface area contributed by atoms with E-state index in [1.165, 1.54) is 6.07 Å². The van der Waals surface area contributed by atoms with Crippen molar-refractivity contribution in [3.05, 3.63) is 52.1 Å². The summed E-state index contributed by atoms with van der Waals surface area (Å²) in [7, 11) is 0. The number of hydrogen-bond acceptors (Lipinski definition) is 3. The van der Waals surface area contributed by atoms with Crippen LogP contribution in [0.25, 0.3) is 0 Å². The molecule has 0 spiro atoms. The van der Waals surface area contributed by atoms with E-state index in [9.17, 15) is 4.39 Å². The number of rotatable bonds is 6. The standard InChI is InChI=1S/C19H24ClFN4O.HI/c1-4-22-19(23-10-12-8-16(11(2)3)25-26-12)24-17-9-13(17)18-14(20)6-5-7-15(18)21;/h5-8,11,13,17H,4,9-10H2,1-3H3,(H2,22,23,24);1H. The number of aromatic nitrogens is 1. The van der Waals surface area contributed by atoms with Gasteiger partial charge < -0.3 is 15.2 Å². The third kappa shape index (κ3) is 5.57. The summed E-state index contributed by atoms with van der Waals surface area (Å²) in [6.45, 7) is 7.26. The highest BCUT2D eigenvalue weighted by Crippen LogP contribution is 2.44. The van der Waals surface area contributed by atoms with Crippen molar-refractivity contribution in [3.8, 4) is 0 Å². The van der Waals surface area contributed by atoms with Gasteiger partial charge in [-0.1, -0.05) is 36.7 Å². The van der Waals surface area contributed by atoms with E-state index in [4.69, 9.17) is 16.1 Å². The molecule has 1 fully saturated rings. The van der Waals surface area contributed by atoms with Crippen molar-refractivity contribution in [3.63, 3.8) is 0 Å². The lowest BCUT2D eigenvalue weighted by Crippen LogP contribution is -2.39. The van der Waals surface area contributed by atoms with Crippen LogP contribution in [0.15, 0.2) is 33.8 Å². The molecule has 2 atom stereocenters. The maximum Gasteiger partial charge on any atom is 0.191 e. The molecule has 8 heteroatoms. The first-order valence-corrected chi connectivity index (χ1v) is 9.31. The van der Waals surface area contributed by atoms with Gasteiger partial charge in [-0.15, -0.1) is 24.0 Å². The molecule has 2 aromatic rings. The third-order valence-corrected chi connectivity index (χ3v) is 4.72. The molecular formula is C19H25ClFIN4O. The van der Waals surface area contributed by atoms with Gasteiger partial charge in [-0.3, -0.25) is 0 Å². The normalized spacial score (nSPS) is 19.0. The molecule has 0 aliphatic heterocycles. The Morgan fingerprint density at radius 2 is 2.22 bits per heavy atom. The molecule has 1 saturated carbocycles. The van der Waals surface area contributed by atoms with E-state index < -0.39 is 0 Å². The van der Waals surface area contributed by atoms with E-state index in [2.05, 4.69) is 34.6 Å². The van der Waals surface area contributed by atoms with Gasteiger partial charge in [-0.25, -0.2) is 9.38 Å². The van der Waals surface area contributed by atoms with Gasteiger partial charge in [-0.2, -0.15) is 0 Å². The maximum absolute atomic E-state index is 14.1. The minimum absolute atomic E-state index is 0. The summed E-state index contributed by atoms with van der Waals surface area (Å²) in [5.74, 6) is 1.52. The molecule has 1 aliphatic rings. The third-order valence-electron chi connectivity index (χ3n) is 4.39. The molecule has 1 aliphatic carbocycles. The second-order valence-corrected chi connectivity index (χ2v) is 7.20. The quantitative estimate of drug-likeness (QED) is 0.335. The molecule has 2 unspecified atom stereocenters. The summed E-state index contributed by atoms with van der Waals surface area (Å²) in [6, 6.07) is 6.84. The maximum atomic E-state index is 14.1. The summed E-state index contributed by atoms with van der Waals surface area (Å²) < 4.78 is 19.4. The van der Waals surface area contributed by atoms with Crippen LogP contribution < -0.4 is 10.6 Å². The predicted molar refractivity (Wildman–Crippen MR) is 117 cm³/mol. The summed E-state index contributed by atoms with van der Waals surface area (Å²) in [6.07, 6.45) is 0.824. The molecule has 5 nitrogen and oxygen atoms in total. The van der Waals surface area contributed by atoms with Crippen molar-refractivity contribution < 1.29 is 8.91 Å². The first-order chi connectivity index (χ1) is 12.5. The number of nitrogens with zero attached hydrogens (tertiary/aromatic N) is 2. The van der Waals surface area contributed by atoms with E-state index in [1.54, 1.807) is 12.1 Å². The lowest BCUT2D eigenvalue weighted by molar-refractivity contribution is 0.376. The molecule has 0 radical (unpaired) electrons. The van der Waals surface area contributed by atoms with E-state index in [0.29, 0.717) is 29.0 Å². The van der Waals surface area contributed by atoms with Gasteiger partial charge in [0.15, 0.2) is 11.7 Å². The Bertz CT molecular complexity index is 776. The first kappa shape index (κ1) is 21.9. The van der Waals surface area contributed by atoms with E-state index in [-0.39, 0.29) is 41.8 Å². The fourth-order valence-electron chi connectivity index (χ4n) is 2.87. The number of aliphatic imine (C=N–C) groups is 1. The minimum atomic E-state index is -0.253. The van der Waals surface area contributed by atoms with Crippen molar-refractivity contribution in [1.82, 2.24) is 15.8 Å². The van der Waals surface area contributed by atoms with Gasteiger partial charge in [0.1, 0.15) is 12.4 Å². The SMILES string of the molecule is CCNC(=NCc1cc(C(C)C)no1)NC1CC1c1c(F)cccc1Cl.I. The van der Waals surface area contributed by atoms with Gasteiger partial charge in [-0.05, 0) is 31.4 Å². The van der Waals surface area contributed by atoms with Crippen LogP contribution in [0.5, 0.6) is 0 Å².